The molecule has 2 N–H and O–H groups in total. The average Bonchev–Trinajstić information content (AvgIpc) is 3.62. The van der Waals surface area contributed by atoms with E-state index in [2.05, 4.69) is 21.7 Å². The molecule has 3 heterocycles. The Hall–Kier alpha value is -3.43. The topological polar surface area (TPSA) is 84.3 Å². The molecule has 186 valence electrons. The van der Waals surface area contributed by atoms with Crippen LogP contribution in [0.1, 0.15) is 35.1 Å². The zero-order chi connectivity index (χ0) is 24.9. The Labute approximate surface area is 205 Å². The van der Waals surface area contributed by atoms with Gasteiger partial charge in [0, 0.05) is 22.2 Å². The van der Waals surface area contributed by atoms with E-state index in [0.29, 0.717) is 30.5 Å². The number of halogens is 3. The van der Waals surface area contributed by atoms with Gasteiger partial charge in [-0.25, -0.2) is 0 Å². The zero-order valence-corrected chi connectivity index (χ0v) is 19.4. The molecule has 2 aromatic heterocycles. The maximum absolute atomic E-state index is 14.2. The molecule has 9 heteroatoms. The summed E-state index contributed by atoms with van der Waals surface area (Å²) in [7, 11) is 0. The van der Waals surface area contributed by atoms with Crippen LogP contribution in [0.2, 0.25) is 0 Å². The predicted octanol–water partition coefficient (Wildman–Crippen LogP) is 5.44. The van der Waals surface area contributed by atoms with E-state index >= 15 is 0 Å². The molecule has 0 saturated carbocycles. The molecule has 0 radical (unpaired) electrons. The van der Waals surface area contributed by atoms with Gasteiger partial charge >= 0.3 is 6.18 Å². The van der Waals surface area contributed by atoms with Gasteiger partial charge in [-0.2, -0.15) is 13.2 Å². The summed E-state index contributed by atoms with van der Waals surface area (Å²) in [6, 6.07) is 14.1. The summed E-state index contributed by atoms with van der Waals surface area (Å²) in [5.74, 6) is -0.352. The summed E-state index contributed by atoms with van der Waals surface area (Å²) in [5, 5.41) is 21.3. The lowest BCUT2D eigenvalue weighted by Gasteiger charge is -2.28. The first kappa shape index (κ1) is 23.0. The van der Waals surface area contributed by atoms with Crippen LogP contribution >= 0.6 is 0 Å². The third-order valence-electron chi connectivity index (χ3n) is 7.26. The third-order valence-corrected chi connectivity index (χ3v) is 7.26. The molecule has 1 aliphatic carbocycles. The van der Waals surface area contributed by atoms with Crippen molar-refractivity contribution in [2.24, 2.45) is 0 Å². The first-order chi connectivity index (χ1) is 17.4. The van der Waals surface area contributed by atoms with Gasteiger partial charge in [-0.1, -0.05) is 58.8 Å². The second-order valence-electron chi connectivity index (χ2n) is 9.57. The van der Waals surface area contributed by atoms with Crippen LogP contribution in [0.5, 0.6) is 0 Å². The molecule has 1 aliphatic heterocycles. The highest BCUT2D eigenvalue weighted by Crippen LogP contribution is 2.46. The maximum atomic E-state index is 14.2. The number of hydrogen-bond donors (Lipinski definition) is 2. The number of aliphatic hydroxyl groups excluding tert-OH is 1. The molecule has 1 atom stereocenters. The first-order valence-electron chi connectivity index (χ1n) is 12.0. The monoisotopic (exact) mass is 495 g/mol. The van der Waals surface area contributed by atoms with E-state index in [1.54, 1.807) is 30.3 Å². The van der Waals surface area contributed by atoms with Crippen molar-refractivity contribution in [2.45, 2.75) is 43.8 Å². The quantitative estimate of drug-likeness (QED) is 0.384. The number of aryl methyl sites for hydroxylation is 1. The van der Waals surface area contributed by atoms with Gasteiger partial charge < -0.3 is 19.5 Å². The van der Waals surface area contributed by atoms with Crippen LogP contribution in [0.3, 0.4) is 0 Å². The second-order valence-corrected chi connectivity index (χ2v) is 9.57. The first-order valence-corrected chi connectivity index (χ1v) is 12.0. The number of nitrogens with one attached hydrogen (secondary N) is 1. The number of aliphatic hydroxyl groups is 1. The average molecular weight is 496 g/mol. The van der Waals surface area contributed by atoms with Crippen molar-refractivity contribution in [1.29, 1.82) is 0 Å². The Morgan fingerprint density at radius 3 is 2.47 bits per heavy atom. The standard InChI is InChI=1S/C27H24F3N3O3/c28-27(29,30)21-23(33-35-24(21)17-5-2-1-3-6-17)25-20-10-8-18-13-16(7-9-19(18)22(20)32-36-25)14-26(15-34)11-4-12-31-26/h1-3,5-7,9,13,31,34H,4,8,10-12,14-15H2/t26-/m0/s1. The van der Waals surface area contributed by atoms with E-state index < -0.39 is 11.7 Å². The second kappa shape index (κ2) is 8.60. The van der Waals surface area contributed by atoms with E-state index in [0.717, 1.165) is 36.1 Å². The molecular formula is C27H24F3N3O3. The number of hydrogen-bond acceptors (Lipinski definition) is 6. The Kier molecular flexibility index (Phi) is 5.49. The fraction of sp³-hybridized carbons (Fsp3) is 0.333. The largest absolute Gasteiger partial charge is 0.422 e. The van der Waals surface area contributed by atoms with Gasteiger partial charge in [-0.3, -0.25) is 0 Å². The summed E-state index contributed by atoms with van der Waals surface area (Å²) in [6.45, 7) is 0.968. The molecule has 0 bridgehead atoms. The zero-order valence-electron chi connectivity index (χ0n) is 19.4. The van der Waals surface area contributed by atoms with Crippen LogP contribution < -0.4 is 5.32 Å². The van der Waals surface area contributed by atoms with Crippen LogP contribution in [0.4, 0.5) is 13.2 Å². The Balaban J connectivity index is 1.38. The summed E-state index contributed by atoms with van der Waals surface area (Å²) in [5.41, 5.74) is 2.77. The van der Waals surface area contributed by atoms with Gasteiger partial charge in [-0.15, -0.1) is 0 Å². The van der Waals surface area contributed by atoms with Crippen molar-refractivity contribution in [1.82, 2.24) is 15.6 Å². The number of aromatic nitrogens is 2. The normalized spacial score (nSPS) is 19.3. The van der Waals surface area contributed by atoms with E-state index in [-0.39, 0.29) is 34.9 Å². The molecule has 6 nitrogen and oxygen atoms in total. The SMILES string of the molecule is OC[C@@]1(Cc2ccc3c(c2)CCc2c-3noc2-c2noc(-c3ccccc3)c2C(F)(F)F)CCCN1. The Bertz CT molecular complexity index is 1400. The van der Waals surface area contributed by atoms with Gasteiger partial charge in [0.1, 0.15) is 11.3 Å². The third kappa shape index (κ3) is 3.83. The highest BCUT2D eigenvalue weighted by atomic mass is 19.4. The number of nitrogens with zero attached hydrogens (tertiary/aromatic N) is 2. The fourth-order valence-corrected chi connectivity index (χ4v) is 5.49. The number of alkyl halides is 3. The van der Waals surface area contributed by atoms with Crippen LogP contribution in [0, 0.1) is 0 Å². The smallest absolute Gasteiger partial charge is 0.394 e. The maximum Gasteiger partial charge on any atom is 0.422 e. The summed E-state index contributed by atoms with van der Waals surface area (Å²) >= 11 is 0. The molecule has 2 aliphatic rings. The minimum Gasteiger partial charge on any atom is -0.394 e. The predicted molar refractivity (Wildman–Crippen MR) is 126 cm³/mol. The number of fused-ring (bicyclic) bond motifs is 3. The number of benzene rings is 2. The van der Waals surface area contributed by atoms with Crippen molar-refractivity contribution in [2.75, 3.05) is 13.2 Å². The van der Waals surface area contributed by atoms with Gasteiger partial charge in [0.25, 0.3) is 0 Å². The molecule has 0 unspecified atom stereocenters. The fourth-order valence-electron chi connectivity index (χ4n) is 5.49. The highest BCUT2D eigenvalue weighted by Gasteiger charge is 2.43. The molecule has 2 aromatic carbocycles. The number of rotatable bonds is 5. The molecule has 0 amide bonds. The van der Waals surface area contributed by atoms with Crippen molar-refractivity contribution < 1.29 is 27.3 Å². The van der Waals surface area contributed by atoms with Gasteiger partial charge in [-0.05, 0) is 49.8 Å². The Morgan fingerprint density at radius 1 is 0.972 bits per heavy atom. The molecule has 0 spiro atoms. The van der Waals surface area contributed by atoms with E-state index in [1.807, 2.05) is 12.1 Å². The summed E-state index contributed by atoms with van der Waals surface area (Å²) in [6.07, 6.45) is -0.928. The van der Waals surface area contributed by atoms with E-state index in [1.165, 1.54) is 0 Å². The lowest BCUT2D eigenvalue weighted by molar-refractivity contribution is -0.136. The van der Waals surface area contributed by atoms with Crippen molar-refractivity contribution >= 4 is 0 Å². The van der Waals surface area contributed by atoms with Crippen LogP contribution in [-0.4, -0.2) is 34.1 Å². The highest BCUT2D eigenvalue weighted by molar-refractivity contribution is 5.79. The van der Waals surface area contributed by atoms with Crippen LogP contribution in [0.15, 0.2) is 57.6 Å². The van der Waals surface area contributed by atoms with Crippen molar-refractivity contribution in [3.63, 3.8) is 0 Å². The van der Waals surface area contributed by atoms with Gasteiger partial charge in [0.05, 0.1) is 6.61 Å². The molecule has 1 fully saturated rings. The molecule has 6 rings (SSSR count). The molecule has 1 saturated heterocycles. The minimum atomic E-state index is -4.70. The van der Waals surface area contributed by atoms with Crippen LogP contribution in [-0.2, 0) is 25.4 Å². The van der Waals surface area contributed by atoms with Crippen molar-refractivity contribution in [3.05, 3.63) is 70.8 Å². The Morgan fingerprint density at radius 2 is 1.75 bits per heavy atom. The summed E-state index contributed by atoms with van der Waals surface area (Å²) < 4.78 is 53.2. The lowest BCUT2D eigenvalue weighted by atomic mass is 9.84. The van der Waals surface area contributed by atoms with Crippen molar-refractivity contribution in [3.8, 4) is 34.0 Å². The lowest BCUT2D eigenvalue weighted by Crippen LogP contribution is -2.45. The van der Waals surface area contributed by atoms with Gasteiger partial charge in [0.2, 0.25) is 0 Å². The van der Waals surface area contributed by atoms with Gasteiger partial charge in [0.15, 0.2) is 17.2 Å². The molecule has 36 heavy (non-hydrogen) atoms. The molecular weight excluding hydrogens is 471 g/mol. The summed E-state index contributed by atoms with van der Waals surface area (Å²) in [4.78, 5) is 0. The van der Waals surface area contributed by atoms with E-state index in [9.17, 15) is 18.3 Å². The van der Waals surface area contributed by atoms with Crippen LogP contribution in [0.25, 0.3) is 34.0 Å². The molecule has 4 aromatic rings. The van der Waals surface area contributed by atoms with E-state index in [4.69, 9.17) is 9.05 Å². The minimum absolute atomic E-state index is 0.00706.